The Labute approximate surface area is 118 Å². The molecule has 3 nitrogen and oxygen atoms in total. The third-order valence-corrected chi connectivity index (χ3v) is 3.24. The van der Waals surface area contributed by atoms with Crippen LogP contribution < -0.4 is 15.8 Å². The molecule has 100 valence electrons. The predicted octanol–water partition coefficient (Wildman–Crippen LogP) is 3.59. The van der Waals surface area contributed by atoms with Crippen molar-refractivity contribution in [3.8, 4) is 5.75 Å². The van der Waals surface area contributed by atoms with Gasteiger partial charge in [0.25, 0.3) is 0 Å². The van der Waals surface area contributed by atoms with Crippen molar-refractivity contribution in [2.75, 3.05) is 24.7 Å². The first kappa shape index (κ1) is 13.6. The molecule has 19 heavy (non-hydrogen) atoms. The molecule has 2 rings (SSSR count). The van der Waals surface area contributed by atoms with Gasteiger partial charge in [0.1, 0.15) is 5.75 Å². The quantitative estimate of drug-likeness (QED) is 0.821. The summed E-state index contributed by atoms with van der Waals surface area (Å²) in [5.41, 5.74) is 8.58. The van der Waals surface area contributed by atoms with E-state index in [4.69, 9.17) is 22.1 Å². The number of nitrogen functional groups attached to an aromatic ring is 1. The number of nitrogens with one attached hydrogen (secondary N) is 1. The van der Waals surface area contributed by atoms with E-state index < -0.39 is 0 Å². The number of nitrogens with two attached hydrogens (primary N) is 1. The zero-order valence-electron chi connectivity index (χ0n) is 10.8. The molecule has 0 spiro atoms. The van der Waals surface area contributed by atoms with Crippen LogP contribution in [0.3, 0.4) is 0 Å². The molecule has 0 aromatic heterocycles. The van der Waals surface area contributed by atoms with Crippen molar-refractivity contribution in [2.45, 2.75) is 6.42 Å². The Balaban J connectivity index is 1.92. The van der Waals surface area contributed by atoms with E-state index in [1.54, 1.807) is 7.11 Å². The number of hydrogen-bond acceptors (Lipinski definition) is 3. The van der Waals surface area contributed by atoms with Crippen molar-refractivity contribution >= 4 is 23.0 Å². The summed E-state index contributed by atoms with van der Waals surface area (Å²) in [6.45, 7) is 0.778. The summed E-state index contributed by atoms with van der Waals surface area (Å²) in [5, 5.41) is 3.92. The van der Waals surface area contributed by atoms with Crippen molar-refractivity contribution < 1.29 is 4.74 Å². The van der Waals surface area contributed by atoms with Crippen LogP contribution in [-0.2, 0) is 6.42 Å². The van der Waals surface area contributed by atoms with E-state index in [0.717, 1.165) is 24.4 Å². The molecule has 0 aliphatic heterocycles. The third kappa shape index (κ3) is 3.55. The van der Waals surface area contributed by atoms with E-state index in [2.05, 4.69) is 17.4 Å². The Kier molecular flexibility index (Phi) is 4.53. The molecule has 0 saturated heterocycles. The molecular formula is C15H17ClN2O. The van der Waals surface area contributed by atoms with Crippen molar-refractivity contribution in [1.29, 1.82) is 0 Å². The van der Waals surface area contributed by atoms with E-state index in [1.807, 2.05) is 30.3 Å². The smallest absolute Gasteiger partial charge is 0.118 e. The highest BCUT2D eigenvalue weighted by atomic mass is 35.5. The lowest BCUT2D eigenvalue weighted by molar-refractivity contribution is 0.414. The fourth-order valence-electron chi connectivity index (χ4n) is 1.85. The summed E-state index contributed by atoms with van der Waals surface area (Å²) in [5.74, 6) is 0.868. The molecule has 0 unspecified atom stereocenters. The monoisotopic (exact) mass is 276 g/mol. The number of anilines is 2. The number of ether oxygens (including phenoxy) is 1. The lowest BCUT2D eigenvalue weighted by Crippen LogP contribution is -2.07. The van der Waals surface area contributed by atoms with Gasteiger partial charge in [0.15, 0.2) is 0 Å². The summed E-state index contributed by atoms with van der Waals surface area (Å²) in [6.07, 6.45) is 0.897. The molecule has 0 atom stereocenters. The lowest BCUT2D eigenvalue weighted by atomic mass is 10.1. The van der Waals surface area contributed by atoms with Gasteiger partial charge in [-0.1, -0.05) is 29.8 Å². The van der Waals surface area contributed by atoms with Gasteiger partial charge in [-0.3, -0.25) is 0 Å². The molecular weight excluding hydrogens is 260 g/mol. The van der Waals surface area contributed by atoms with Crippen LogP contribution in [0.4, 0.5) is 11.4 Å². The van der Waals surface area contributed by atoms with Crippen molar-refractivity contribution in [3.05, 3.63) is 53.1 Å². The molecule has 0 bridgehead atoms. The van der Waals surface area contributed by atoms with Gasteiger partial charge in [-0.2, -0.15) is 0 Å². The summed E-state index contributed by atoms with van der Waals surface area (Å²) in [6, 6.07) is 13.5. The topological polar surface area (TPSA) is 47.3 Å². The van der Waals surface area contributed by atoms with Crippen LogP contribution in [0.5, 0.6) is 5.75 Å². The highest BCUT2D eigenvalue weighted by Gasteiger charge is 2.03. The Morgan fingerprint density at radius 2 is 1.89 bits per heavy atom. The van der Waals surface area contributed by atoms with Gasteiger partial charge >= 0.3 is 0 Å². The van der Waals surface area contributed by atoms with Crippen molar-refractivity contribution in [2.24, 2.45) is 0 Å². The molecule has 3 N–H and O–H groups in total. The predicted molar refractivity (Wildman–Crippen MR) is 81.1 cm³/mol. The number of halogens is 1. The zero-order chi connectivity index (χ0) is 13.7. The SMILES string of the molecule is COc1ccc(CCNc2c(N)cccc2Cl)cc1. The van der Waals surface area contributed by atoms with Crippen LogP contribution in [-0.4, -0.2) is 13.7 Å². The molecule has 0 aliphatic carbocycles. The molecule has 0 amide bonds. The first-order valence-electron chi connectivity index (χ1n) is 6.11. The molecule has 2 aromatic rings. The van der Waals surface area contributed by atoms with Gasteiger partial charge < -0.3 is 15.8 Å². The highest BCUT2D eigenvalue weighted by molar-refractivity contribution is 6.33. The number of hydrogen-bond donors (Lipinski definition) is 2. The average Bonchev–Trinajstić information content (AvgIpc) is 2.43. The summed E-state index contributed by atoms with van der Waals surface area (Å²) < 4.78 is 5.12. The number of benzene rings is 2. The molecule has 0 aliphatic rings. The first-order chi connectivity index (χ1) is 9.20. The maximum Gasteiger partial charge on any atom is 0.118 e. The lowest BCUT2D eigenvalue weighted by Gasteiger charge is -2.11. The Bertz CT molecular complexity index is 520. The normalized spacial score (nSPS) is 10.2. The van der Waals surface area contributed by atoms with Gasteiger partial charge in [0.2, 0.25) is 0 Å². The highest BCUT2D eigenvalue weighted by Crippen LogP contribution is 2.27. The molecule has 0 radical (unpaired) electrons. The van der Waals surface area contributed by atoms with Crippen molar-refractivity contribution in [1.82, 2.24) is 0 Å². The molecule has 2 aromatic carbocycles. The molecule has 0 heterocycles. The molecule has 0 saturated carbocycles. The number of para-hydroxylation sites is 1. The minimum atomic E-state index is 0.648. The largest absolute Gasteiger partial charge is 0.497 e. The van der Waals surface area contributed by atoms with Crippen LogP contribution in [0, 0.1) is 0 Å². The van der Waals surface area contributed by atoms with Crippen LogP contribution in [0.1, 0.15) is 5.56 Å². The van der Waals surface area contributed by atoms with E-state index in [0.29, 0.717) is 10.7 Å². The standard InChI is InChI=1S/C15H17ClN2O/c1-19-12-7-5-11(6-8-12)9-10-18-15-13(16)3-2-4-14(15)17/h2-8,18H,9-10,17H2,1H3. The fraction of sp³-hybridized carbons (Fsp3) is 0.200. The second-order valence-corrected chi connectivity index (χ2v) is 4.64. The minimum absolute atomic E-state index is 0.648. The first-order valence-corrected chi connectivity index (χ1v) is 6.49. The summed E-state index contributed by atoms with van der Waals surface area (Å²) in [7, 11) is 1.66. The van der Waals surface area contributed by atoms with Crippen LogP contribution in [0.15, 0.2) is 42.5 Å². The van der Waals surface area contributed by atoms with Crippen LogP contribution in [0.2, 0.25) is 5.02 Å². The zero-order valence-corrected chi connectivity index (χ0v) is 11.6. The third-order valence-electron chi connectivity index (χ3n) is 2.92. The van der Waals surface area contributed by atoms with Gasteiger partial charge in [-0.15, -0.1) is 0 Å². The second kappa shape index (κ2) is 6.34. The summed E-state index contributed by atoms with van der Waals surface area (Å²) in [4.78, 5) is 0. The maximum absolute atomic E-state index is 6.09. The van der Waals surface area contributed by atoms with E-state index in [9.17, 15) is 0 Å². The van der Waals surface area contributed by atoms with E-state index >= 15 is 0 Å². The van der Waals surface area contributed by atoms with Crippen LogP contribution >= 0.6 is 11.6 Å². The Morgan fingerprint density at radius 1 is 1.16 bits per heavy atom. The molecule has 0 fully saturated rings. The Hall–Kier alpha value is -1.87. The van der Waals surface area contributed by atoms with Gasteiger partial charge in [-0.05, 0) is 36.2 Å². The molecule has 4 heteroatoms. The minimum Gasteiger partial charge on any atom is -0.497 e. The summed E-state index contributed by atoms with van der Waals surface area (Å²) >= 11 is 6.09. The van der Waals surface area contributed by atoms with Gasteiger partial charge in [-0.25, -0.2) is 0 Å². The number of methoxy groups -OCH3 is 1. The second-order valence-electron chi connectivity index (χ2n) is 4.23. The van der Waals surface area contributed by atoms with Gasteiger partial charge in [0, 0.05) is 6.54 Å². The number of rotatable bonds is 5. The van der Waals surface area contributed by atoms with Crippen LogP contribution in [0.25, 0.3) is 0 Å². The van der Waals surface area contributed by atoms with E-state index in [-0.39, 0.29) is 0 Å². The fourth-order valence-corrected chi connectivity index (χ4v) is 2.10. The average molecular weight is 277 g/mol. The Morgan fingerprint density at radius 3 is 2.53 bits per heavy atom. The van der Waals surface area contributed by atoms with E-state index in [1.165, 1.54) is 5.56 Å². The van der Waals surface area contributed by atoms with Crippen molar-refractivity contribution in [3.63, 3.8) is 0 Å². The maximum atomic E-state index is 6.09. The van der Waals surface area contributed by atoms with Gasteiger partial charge in [0.05, 0.1) is 23.5 Å².